The predicted molar refractivity (Wildman–Crippen MR) is 94.0 cm³/mol. The Morgan fingerprint density at radius 1 is 1.00 bits per heavy atom. The highest BCUT2D eigenvalue weighted by Gasteiger charge is 2.29. The standard InChI is InChI=1S/C18H17F3N2O2S/c1-22-16(24)13-5-3-12(4-6-13)11-23(2)17(25)14-7-9-15(10-8-14)26-18(19,20)21/h3-10H,11H2,1-2H3,(H,22,24). The first kappa shape index (κ1) is 19.8. The van der Waals surface area contributed by atoms with Crippen molar-refractivity contribution in [3.8, 4) is 0 Å². The Kier molecular flexibility index (Phi) is 6.31. The second-order valence-corrected chi connectivity index (χ2v) is 6.65. The number of carbonyl (C=O) groups is 2. The van der Waals surface area contributed by atoms with Gasteiger partial charge in [0.05, 0.1) is 0 Å². The Labute approximate surface area is 153 Å². The third-order valence-corrected chi connectivity index (χ3v) is 4.28. The maximum absolute atomic E-state index is 12.4. The lowest BCUT2D eigenvalue weighted by Crippen LogP contribution is -2.26. The van der Waals surface area contributed by atoms with E-state index in [2.05, 4.69) is 5.32 Å². The number of carbonyl (C=O) groups excluding carboxylic acids is 2. The van der Waals surface area contributed by atoms with E-state index in [1.54, 1.807) is 38.4 Å². The molecule has 0 aliphatic carbocycles. The third kappa shape index (κ3) is 5.52. The molecular formula is C18H17F3N2O2S. The molecule has 0 unspecified atom stereocenters. The van der Waals surface area contributed by atoms with Crippen LogP contribution in [0.15, 0.2) is 53.4 Å². The Morgan fingerprint density at radius 3 is 2.04 bits per heavy atom. The summed E-state index contributed by atoms with van der Waals surface area (Å²) < 4.78 is 37.0. The molecule has 0 saturated heterocycles. The minimum atomic E-state index is -4.36. The number of nitrogens with one attached hydrogen (secondary N) is 1. The molecule has 2 aromatic carbocycles. The first-order valence-electron chi connectivity index (χ1n) is 7.62. The molecule has 0 saturated carbocycles. The van der Waals surface area contributed by atoms with Gasteiger partial charge < -0.3 is 10.2 Å². The Morgan fingerprint density at radius 2 is 1.54 bits per heavy atom. The summed E-state index contributed by atoms with van der Waals surface area (Å²) in [5.74, 6) is -0.498. The minimum absolute atomic E-state index is 0.0292. The third-order valence-electron chi connectivity index (χ3n) is 3.54. The van der Waals surface area contributed by atoms with Crippen molar-refractivity contribution < 1.29 is 22.8 Å². The van der Waals surface area contributed by atoms with Gasteiger partial charge in [-0.2, -0.15) is 13.2 Å². The number of amides is 2. The second-order valence-electron chi connectivity index (χ2n) is 5.51. The number of benzene rings is 2. The Bertz CT molecular complexity index is 775. The zero-order valence-corrected chi connectivity index (χ0v) is 14.9. The van der Waals surface area contributed by atoms with Crippen LogP contribution in [0.25, 0.3) is 0 Å². The quantitative estimate of drug-likeness (QED) is 0.797. The molecule has 0 aromatic heterocycles. The van der Waals surface area contributed by atoms with Crippen molar-refractivity contribution in [3.63, 3.8) is 0 Å². The van der Waals surface area contributed by atoms with Crippen LogP contribution < -0.4 is 5.32 Å². The second kappa shape index (κ2) is 8.27. The van der Waals surface area contributed by atoms with Crippen molar-refractivity contribution in [1.82, 2.24) is 10.2 Å². The van der Waals surface area contributed by atoms with E-state index in [-0.39, 0.29) is 28.5 Å². The lowest BCUT2D eigenvalue weighted by atomic mass is 10.1. The maximum Gasteiger partial charge on any atom is 0.446 e. The van der Waals surface area contributed by atoms with Crippen LogP contribution in [0, 0.1) is 0 Å². The summed E-state index contributed by atoms with van der Waals surface area (Å²) >= 11 is -0.220. The summed E-state index contributed by atoms with van der Waals surface area (Å²) in [5.41, 5.74) is -2.70. The van der Waals surface area contributed by atoms with Crippen LogP contribution in [-0.2, 0) is 6.54 Å². The van der Waals surface area contributed by atoms with Crippen molar-refractivity contribution in [2.75, 3.05) is 14.1 Å². The first-order chi connectivity index (χ1) is 12.2. The van der Waals surface area contributed by atoms with Gasteiger partial charge >= 0.3 is 5.51 Å². The van der Waals surface area contributed by atoms with Crippen molar-refractivity contribution >= 4 is 23.6 Å². The van der Waals surface area contributed by atoms with Crippen molar-refractivity contribution in [2.45, 2.75) is 16.9 Å². The van der Waals surface area contributed by atoms with Gasteiger partial charge in [0.1, 0.15) is 0 Å². The molecule has 2 rings (SSSR count). The summed E-state index contributed by atoms with van der Waals surface area (Å²) in [6.07, 6.45) is 0. The molecule has 26 heavy (non-hydrogen) atoms. The molecule has 0 heterocycles. The Hall–Kier alpha value is -2.48. The first-order valence-corrected chi connectivity index (χ1v) is 8.43. The van der Waals surface area contributed by atoms with E-state index in [0.29, 0.717) is 17.7 Å². The number of halogens is 3. The fourth-order valence-electron chi connectivity index (χ4n) is 2.27. The molecule has 0 aliphatic rings. The molecular weight excluding hydrogens is 365 g/mol. The largest absolute Gasteiger partial charge is 0.446 e. The van der Waals surface area contributed by atoms with Crippen LogP contribution in [0.3, 0.4) is 0 Å². The van der Waals surface area contributed by atoms with Crippen LogP contribution in [0.5, 0.6) is 0 Å². The van der Waals surface area contributed by atoms with Crippen LogP contribution >= 0.6 is 11.8 Å². The highest BCUT2D eigenvalue weighted by Crippen LogP contribution is 2.36. The highest BCUT2D eigenvalue weighted by atomic mass is 32.2. The molecule has 2 aromatic rings. The van der Waals surface area contributed by atoms with Gasteiger partial charge in [0, 0.05) is 36.7 Å². The number of hydrogen-bond acceptors (Lipinski definition) is 3. The van der Waals surface area contributed by atoms with Gasteiger partial charge in [-0.25, -0.2) is 0 Å². The number of alkyl halides is 3. The van der Waals surface area contributed by atoms with Gasteiger partial charge in [-0.3, -0.25) is 9.59 Å². The van der Waals surface area contributed by atoms with E-state index in [1.165, 1.54) is 29.2 Å². The average Bonchev–Trinajstić information content (AvgIpc) is 2.60. The number of rotatable bonds is 5. The zero-order chi connectivity index (χ0) is 19.3. The number of thioether (sulfide) groups is 1. The van der Waals surface area contributed by atoms with Crippen molar-refractivity contribution in [3.05, 3.63) is 65.2 Å². The summed E-state index contributed by atoms with van der Waals surface area (Å²) in [6, 6.07) is 12.1. The molecule has 4 nitrogen and oxygen atoms in total. The molecule has 0 radical (unpaired) electrons. The minimum Gasteiger partial charge on any atom is -0.355 e. The monoisotopic (exact) mass is 382 g/mol. The van der Waals surface area contributed by atoms with Crippen LogP contribution in [0.1, 0.15) is 26.3 Å². The predicted octanol–water partition coefficient (Wildman–Crippen LogP) is 3.93. The fourth-order valence-corrected chi connectivity index (χ4v) is 2.81. The van der Waals surface area contributed by atoms with Crippen molar-refractivity contribution in [1.29, 1.82) is 0 Å². The lowest BCUT2D eigenvalue weighted by Gasteiger charge is -2.18. The van der Waals surface area contributed by atoms with Crippen molar-refractivity contribution in [2.24, 2.45) is 0 Å². The van der Waals surface area contributed by atoms with E-state index in [4.69, 9.17) is 0 Å². The molecule has 8 heteroatoms. The van der Waals surface area contributed by atoms with E-state index in [0.717, 1.165) is 5.56 Å². The van der Waals surface area contributed by atoms with Gasteiger partial charge in [-0.15, -0.1) is 0 Å². The zero-order valence-electron chi connectivity index (χ0n) is 14.1. The van der Waals surface area contributed by atoms with Gasteiger partial charge in [0.15, 0.2) is 0 Å². The van der Waals surface area contributed by atoms with Gasteiger partial charge in [-0.1, -0.05) is 12.1 Å². The van der Waals surface area contributed by atoms with E-state index in [1.807, 2.05) is 0 Å². The Balaban J connectivity index is 2.01. The van der Waals surface area contributed by atoms with Crippen LogP contribution in [0.2, 0.25) is 0 Å². The number of nitrogens with zero attached hydrogens (tertiary/aromatic N) is 1. The molecule has 0 bridgehead atoms. The molecule has 1 N–H and O–H groups in total. The average molecular weight is 382 g/mol. The summed E-state index contributed by atoms with van der Waals surface area (Å²) in [5, 5.41) is 2.52. The van der Waals surface area contributed by atoms with Gasteiger partial charge in [0.25, 0.3) is 11.8 Å². The molecule has 0 fully saturated rings. The summed E-state index contributed by atoms with van der Waals surface area (Å²) in [4.78, 5) is 25.4. The van der Waals surface area contributed by atoms with E-state index in [9.17, 15) is 22.8 Å². The SMILES string of the molecule is CNC(=O)c1ccc(CN(C)C(=O)c2ccc(SC(F)(F)F)cc2)cc1. The maximum atomic E-state index is 12.4. The topological polar surface area (TPSA) is 49.4 Å². The van der Waals surface area contributed by atoms with E-state index >= 15 is 0 Å². The van der Waals surface area contributed by atoms with Crippen LogP contribution in [-0.4, -0.2) is 36.3 Å². The smallest absolute Gasteiger partial charge is 0.355 e. The molecule has 0 aliphatic heterocycles. The van der Waals surface area contributed by atoms with Crippen LogP contribution in [0.4, 0.5) is 13.2 Å². The molecule has 2 amide bonds. The molecule has 0 spiro atoms. The summed E-state index contributed by atoms with van der Waals surface area (Å²) in [7, 11) is 3.15. The van der Waals surface area contributed by atoms with E-state index < -0.39 is 5.51 Å². The normalized spacial score (nSPS) is 11.1. The fraction of sp³-hybridized carbons (Fsp3) is 0.222. The molecule has 138 valence electrons. The molecule has 0 atom stereocenters. The number of hydrogen-bond donors (Lipinski definition) is 1. The van der Waals surface area contributed by atoms with Gasteiger partial charge in [0.2, 0.25) is 0 Å². The summed E-state index contributed by atoms with van der Waals surface area (Å²) in [6.45, 7) is 0.311. The lowest BCUT2D eigenvalue weighted by molar-refractivity contribution is -0.0328. The van der Waals surface area contributed by atoms with Gasteiger partial charge in [-0.05, 0) is 53.7 Å². The highest BCUT2D eigenvalue weighted by molar-refractivity contribution is 8.00.